The molecule has 0 spiro atoms. The zero-order valence-electron chi connectivity index (χ0n) is 10.7. The number of amides is 1. The van der Waals surface area contributed by atoms with Crippen LogP contribution in [0, 0.1) is 0 Å². The molecule has 0 saturated carbocycles. The summed E-state index contributed by atoms with van der Waals surface area (Å²) in [5.74, 6) is 0.287. The summed E-state index contributed by atoms with van der Waals surface area (Å²) in [6.07, 6.45) is 3.56. The minimum absolute atomic E-state index is 0.0968. The molecule has 0 radical (unpaired) electrons. The monoisotopic (exact) mass is 253 g/mol. The molecule has 19 heavy (non-hydrogen) atoms. The van der Waals surface area contributed by atoms with Gasteiger partial charge < -0.3 is 10.4 Å². The molecule has 0 heterocycles. The zero-order chi connectivity index (χ0) is 13.4. The number of rotatable bonds is 3. The number of phenolic OH excluding ortho intramolecular Hbond substituents is 1. The maximum absolute atomic E-state index is 10.8. The highest BCUT2D eigenvalue weighted by Crippen LogP contribution is 2.41. The van der Waals surface area contributed by atoms with E-state index in [4.69, 9.17) is 0 Å². The first-order chi connectivity index (χ1) is 9.26. The topological polar surface area (TPSA) is 49.3 Å². The van der Waals surface area contributed by atoms with E-state index < -0.39 is 0 Å². The predicted octanol–water partition coefficient (Wildman–Crippen LogP) is 3.14. The maximum Gasteiger partial charge on any atom is 0.207 e. The Balaban J connectivity index is 2.36. The highest BCUT2D eigenvalue weighted by molar-refractivity contribution is 5.98. The van der Waals surface area contributed by atoms with Crippen LogP contribution >= 0.6 is 0 Å². The summed E-state index contributed by atoms with van der Waals surface area (Å²) in [5, 5.41) is 15.0. The Labute approximate surface area is 111 Å². The largest absolute Gasteiger partial charge is 0.507 e. The van der Waals surface area contributed by atoms with Gasteiger partial charge in [-0.2, -0.15) is 0 Å². The molecule has 1 unspecified atom stereocenters. The van der Waals surface area contributed by atoms with Gasteiger partial charge in [0.2, 0.25) is 6.41 Å². The third kappa shape index (κ3) is 1.70. The van der Waals surface area contributed by atoms with Crippen LogP contribution in [0.4, 0.5) is 0 Å². The number of carbonyl (C=O) groups excluding carboxylic acids is 1. The summed E-state index contributed by atoms with van der Waals surface area (Å²) in [6.45, 7) is 2.05. The van der Waals surface area contributed by atoms with Gasteiger partial charge >= 0.3 is 0 Å². The van der Waals surface area contributed by atoms with Crippen molar-refractivity contribution in [1.82, 2.24) is 5.32 Å². The quantitative estimate of drug-likeness (QED) is 0.825. The van der Waals surface area contributed by atoms with Crippen molar-refractivity contribution in [3.63, 3.8) is 0 Å². The maximum atomic E-state index is 10.8. The molecular weight excluding hydrogens is 238 g/mol. The SMILES string of the molecule is CCC1=Cc2c(O)ccc3cccc(c23)C1NC=O. The van der Waals surface area contributed by atoms with Crippen molar-refractivity contribution in [2.45, 2.75) is 19.4 Å². The molecule has 3 nitrogen and oxygen atoms in total. The molecule has 2 aromatic rings. The Morgan fingerprint density at radius 2 is 2.16 bits per heavy atom. The third-order valence-electron chi connectivity index (χ3n) is 3.75. The van der Waals surface area contributed by atoms with E-state index in [9.17, 15) is 9.90 Å². The number of carbonyl (C=O) groups is 1. The van der Waals surface area contributed by atoms with E-state index in [1.807, 2.05) is 30.3 Å². The highest BCUT2D eigenvalue weighted by Gasteiger charge is 2.24. The van der Waals surface area contributed by atoms with Crippen LogP contribution in [0.25, 0.3) is 16.8 Å². The second kappa shape index (κ2) is 4.43. The molecule has 1 aliphatic rings. The highest BCUT2D eigenvalue weighted by atomic mass is 16.3. The Morgan fingerprint density at radius 3 is 2.89 bits per heavy atom. The number of benzene rings is 2. The van der Waals surface area contributed by atoms with Crippen molar-refractivity contribution in [3.8, 4) is 5.75 Å². The number of hydrogen-bond acceptors (Lipinski definition) is 2. The molecule has 0 saturated heterocycles. The van der Waals surface area contributed by atoms with Gasteiger partial charge in [-0.3, -0.25) is 4.79 Å². The Kier molecular flexibility index (Phi) is 2.75. The lowest BCUT2D eigenvalue weighted by molar-refractivity contribution is -0.110. The molecule has 1 atom stereocenters. The summed E-state index contributed by atoms with van der Waals surface area (Å²) in [5.41, 5.74) is 3.01. The minimum atomic E-state index is -0.0968. The first-order valence-corrected chi connectivity index (χ1v) is 6.41. The summed E-state index contributed by atoms with van der Waals surface area (Å²) >= 11 is 0. The molecular formula is C16H15NO2. The first-order valence-electron chi connectivity index (χ1n) is 6.41. The number of hydrogen-bond donors (Lipinski definition) is 2. The van der Waals surface area contributed by atoms with E-state index in [0.717, 1.165) is 40.3 Å². The van der Waals surface area contributed by atoms with Crippen molar-refractivity contribution < 1.29 is 9.90 Å². The van der Waals surface area contributed by atoms with Crippen LogP contribution < -0.4 is 5.32 Å². The van der Waals surface area contributed by atoms with E-state index in [1.165, 1.54) is 0 Å². The van der Waals surface area contributed by atoms with E-state index in [2.05, 4.69) is 12.2 Å². The molecule has 0 aromatic heterocycles. The van der Waals surface area contributed by atoms with Crippen molar-refractivity contribution in [3.05, 3.63) is 47.0 Å². The summed E-state index contributed by atoms with van der Waals surface area (Å²) in [4.78, 5) is 10.8. The first kappa shape index (κ1) is 11.8. The van der Waals surface area contributed by atoms with Gasteiger partial charge in [-0.25, -0.2) is 0 Å². The van der Waals surface area contributed by atoms with Crippen LogP contribution in [0.3, 0.4) is 0 Å². The van der Waals surface area contributed by atoms with E-state index in [-0.39, 0.29) is 11.8 Å². The molecule has 3 rings (SSSR count). The van der Waals surface area contributed by atoms with Crippen LogP contribution in [0.15, 0.2) is 35.9 Å². The molecule has 1 aliphatic carbocycles. The summed E-state index contributed by atoms with van der Waals surface area (Å²) in [6, 6.07) is 9.54. The second-order valence-electron chi connectivity index (χ2n) is 4.73. The van der Waals surface area contributed by atoms with Gasteiger partial charge in [0.15, 0.2) is 0 Å². The van der Waals surface area contributed by atoms with Gasteiger partial charge in [0.05, 0.1) is 6.04 Å². The van der Waals surface area contributed by atoms with E-state index in [0.29, 0.717) is 0 Å². The molecule has 2 N–H and O–H groups in total. The molecule has 3 heteroatoms. The zero-order valence-corrected chi connectivity index (χ0v) is 10.7. The summed E-state index contributed by atoms with van der Waals surface area (Å²) < 4.78 is 0. The minimum Gasteiger partial charge on any atom is -0.507 e. The predicted molar refractivity (Wildman–Crippen MR) is 75.8 cm³/mol. The van der Waals surface area contributed by atoms with Gasteiger partial charge in [-0.15, -0.1) is 0 Å². The van der Waals surface area contributed by atoms with Crippen LogP contribution in [0.2, 0.25) is 0 Å². The van der Waals surface area contributed by atoms with Crippen molar-refractivity contribution in [1.29, 1.82) is 0 Å². The van der Waals surface area contributed by atoms with Crippen LogP contribution in [0.1, 0.15) is 30.5 Å². The standard InChI is InChI=1S/C16H15NO2/c1-2-10-8-13-14(19)7-6-11-4-3-5-12(15(11)13)16(10)17-9-18/h3-9,16,19H,2H2,1H3,(H,17,18). The third-order valence-corrected chi connectivity index (χ3v) is 3.75. The van der Waals surface area contributed by atoms with Gasteiger partial charge in [-0.05, 0) is 40.5 Å². The van der Waals surface area contributed by atoms with Gasteiger partial charge in [-0.1, -0.05) is 31.2 Å². The van der Waals surface area contributed by atoms with Crippen molar-refractivity contribution >= 4 is 23.3 Å². The fourth-order valence-electron chi connectivity index (χ4n) is 2.85. The fraction of sp³-hybridized carbons (Fsp3) is 0.188. The Hall–Kier alpha value is -2.29. The molecule has 96 valence electrons. The molecule has 0 fully saturated rings. The van der Waals surface area contributed by atoms with Crippen LogP contribution in [-0.4, -0.2) is 11.5 Å². The lowest BCUT2D eigenvalue weighted by Crippen LogP contribution is -2.23. The lowest BCUT2D eigenvalue weighted by atomic mass is 9.84. The fourth-order valence-corrected chi connectivity index (χ4v) is 2.85. The van der Waals surface area contributed by atoms with E-state index >= 15 is 0 Å². The molecule has 0 aliphatic heterocycles. The van der Waals surface area contributed by atoms with Crippen LogP contribution in [0.5, 0.6) is 5.75 Å². The average Bonchev–Trinajstić information content (AvgIpc) is 2.44. The molecule has 1 amide bonds. The summed E-state index contributed by atoms with van der Waals surface area (Å²) in [7, 11) is 0. The van der Waals surface area contributed by atoms with E-state index in [1.54, 1.807) is 6.07 Å². The number of nitrogens with one attached hydrogen (secondary N) is 1. The van der Waals surface area contributed by atoms with Crippen molar-refractivity contribution in [2.24, 2.45) is 0 Å². The van der Waals surface area contributed by atoms with Crippen LogP contribution in [-0.2, 0) is 4.79 Å². The van der Waals surface area contributed by atoms with Gasteiger partial charge in [0, 0.05) is 5.56 Å². The number of phenols is 1. The molecule has 2 aromatic carbocycles. The lowest BCUT2D eigenvalue weighted by Gasteiger charge is -2.26. The smallest absolute Gasteiger partial charge is 0.207 e. The normalized spacial score (nSPS) is 17.1. The average molecular weight is 253 g/mol. The Morgan fingerprint density at radius 1 is 1.32 bits per heavy atom. The number of aromatic hydroxyl groups is 1. The second-order valence-corrected chi connectivity index (χ2v) is 4.73. The van der Waals surface area contributed by atoms with Crippen molar-refractivity contribution in [2.75, 3.05) is 0 Å². The Bertz CT molecular complexity index is 688. The molecule has 0 bridgehead atoms. The van der Waals surface area contributed by atoms with Gasteiger partial charge in [0.1, 0.15) is 5.75 Å². The van der Waals surface area contributed by atoms with Gasteiger partial charge in [0.25, 0.3) is 0 Å².